The Kier molecular flexibility index (Phi) is 6.53. The number of hydrogen-bond donors (Lipinski definition) is 3. The molecule has 3 aromatic rings. The van der Waals surface area contributed by atoms with E-state index in [1.165, 1.54) is 12.1 Å². The van der Waals surface area contributed by atoms with Crippen molar-refractivity contribution in [3.63, 3.8) is 0 Å². The molecule has 3 N–H and O–H groups in total. The molecule has 29 heavy (non-hydrogen) atoms. The molecule has 0 unspecified atom stereocenters. The maximum absolute atomic E-state index is 12.6. The maximum Gasteiger partial charge on any atom is 0.416 e. The summed E-state index contributed by atoms with van der Waals surface area (Å²) in [5, 5.41) is 13.3. The molecule has 0 bridgehead atoms. The smallest absolute Gasteiger partial charge is 0.416 e. The van der Waals surface area contributed by atoms with E-state index < -0.39 is 11.7 Å². The molecule has 2 heterocycles. The second-order valence-electron chi connectivity index (χ2n) is 6.20. The summed E-state index contributed by atoms with van der Waals surface area (Å²) in [7, 11) is 1.65. The van der Waals surface area contributed by atoms with E-state index in [0.29, 0.717) is 49.3 Å². The van der Waals surface area contributed by atoms with Gasteiger partial charge in [0.05, 0.1) is 11.8 Å². The fourth-order valence-corrected chi connectivity index (χ4v) is 2.63. The first-order chi connectivity index (χ1) is 14.0. The Morgan fingerprint density at radius 2 is 1.83 bits per heavy atom. The highest BCUT2D eigenvalue weighted by molar-refractivity contribution is 5.79. The van der Waals surface area contributed by atoms with Crippen LogP contribution in [0.15, 0.2) is 52.1 Å². The van der Waals surface area contributed by atoms with Crippen LogP contribution in [-0.4, -0.2) is 41.3 Å². The van der Waals surface area contributed by atoms with E-state index in [2.05, 4.69) is 30.8 Å². The predicted molar refractivity (Wildman–Crippen MR) is 102 cm³/mol. The lowest BCUT2D eigenvalue weighted by Gasteiger charge is -2.12. The average molecular weight is 406 g/mol. The Morgan fingerprint density at radius 1 is 1.10 bits per heavy atom. The zero-order valence-electron chi connectivity index (χ0n) is 15.8. The van der Waals surface area contributed by atoms with Gasteiger partial charge in [0.2, 0.25) is 5.82 Å². The van der Waals surface area contributed by atoms with Crippen molar-refractivity contribution in [1.82, 2.24) is 25.8 Å². The van der Waals surface area contributed by atoms with E-state index in [0.717, 1.165) is 17.7 Å². The SMILES string of the molecule is CN=C(NCCc1ccc(C(F)(F)F)cc1)NCCc1nc(-c2ccco2)n[nH]1. The monoisotopic (exact) mass is 406 g/mol. The first kappa shape index (κ1) is 20.4. The number of nitrogens with zero attached hydrogens (tertiary/aromatic N) is 3. The molecule has 2 aromatic heterocycles. The van der Waals surface area contributed by atoms with E-state index in [4.69, 9.17) is 4.42 Å². The third-order valence-electron chi connectivity index (χ3n) is 4.14. The lowest BCUT2D eigenvalue weighted by atomic mass is 10.1. The van der Waals surface area contributed by atoms with Crippen molar-refractivity contribution in [2.24, 2.45) is 4.99 Å². The summed E-state index contributed by atoms with van der Waals surface area (Å²) in [6, 6.07) is 8.72. The molecule has 0 saturated carbocycles. The molecule has 0 atom stereocenters. The second-order valence-corrected chi connectivity index (χ2v) is 6.20. The third-order valence-corrected chi connectivity index (χ3v) is 4.14. The number of guanidine groups is 1. The van der Waals surface area contributed by atoms with Crippen LogP contribution in [-0.2, 0) is 19.0 Å². The first-order valence-corrected chi connectivity index (χ1v) is 9.01. The van der Waals surface area contributed by atoms with Gasteiger partial charge in [0.25, 0.3) is 0 Å². The van der Waals surface area contributed by atoms with Crippen LogP contribution in [0.25, 0.3) is 11.6 Å². The molecule has 0 radical (unpaired) electrons. The van der Waals surface area contributed by atoms with Gasteiger partial charge in [-0.05, 0) is 36.2 Å². The van der Waals surface area contributed by atoms with Crippen molar-refractivity contribution < 1.29 is 17.6 Å². The summed E-state index contributed by atoms with van der Waals surface area (Å²) in [5.74, 6) is 2.41. The number of furan rings is 1. The van der Waals surface area contributed by atoms with Crippen LogP contribution in [0, 0.1) is 0 Å². The van der Waals surface area contributed by atoms with Gasteiger partial charge in [-0.2, -0.15) is 18.3 Å². The van der Waals surface area contributed by atoms with Gasteiger partial charge in [0, 0.05) is 26.6 Å². The van der Waals surface area contributed by atoms with Crippen LogP contribution >= 0.6 is 0 Å². The number of aliphatic imine (C=N–C) groups is 1. The molecule has 0 spiro atoms. The minimum Gasteiger partial charge on any atom is -0.461 e. The molecular weight excluding hydrogens is 385 g/mol. The number of nitrogens with one attached hydrogen (secondary N) is 3. The van der Waals surface area contributed by atoms with Crippen LogP contribution in [0.1, 0.15) is 17.0 Å². The number of H-pyrrole nitrogens is 1. The van der Waals surface area contributed by atoms with E-state index in [-0.39, 0.29) is 0 Å². The van der Waals surface area contributed by atoms with E-state index >= 15 is 0 Å². The summed E-state index contributed by atoms with van der Waals surface area (Å²) in [6.45, 7) is 1.11. The van der Waals surface area contributed by atoms with Crippen molar-refractivity contribution in [1.29, 1.82) is 0 Å². The first-order valence-electron chi connectivity index (χ1n) is 9.01. The van der Waals surface area contributed by atoms with Crippen LogP contribution in [0.2, 0.25) is 0 Å². The molecular formula is C19H21F3N6O. The maximum atomic E-state index is 12.6. The number of halogens is 3. The molecule has 3 rings (SSSR count). The lowest BCUT2D eigenvalue weighted by molar-refractivity contribution is -0.137. The lowest BCUT2D eigenvalue weighted by Crippen LogP contribution is -2.39. The number of rotatable bonds is 7. The van der Waals surface area contributed by atoms with Gasteiger partial charge in [0.15, 0.2) is 11.7 Å². The van der Waals surface area contributed by atoms with Gasteiger partial charge in [-0.3, -0.25) is 10.1 Å². The number of aromatic amines is 1. The minimum absolute atomic E-state index is 0.504. The molecule has 0 amide bonds. The Bertz CT molecular complexity index is 916. The van der Waals surface area contributed by atoms with Crippen molar-refractivity contribution in [3.8, 4) is 11.6 Å². The van der Waals surface area contributed by atoms with Crippen molar-refractivity contribution in [2.75, 3.05) is 20.1 Å². The Hall–Kier alpha value is -3.30. The molecule has 0 saturated heterocycles. The molecule has 0 aliphatic carbocycles. The summed E-state index contributed by atoms with van der Waals surface area (Å²) in [4.78, 5) is 8.49. The van der Waals surface area contributed by atoms with E-state index in [9.17, 15) is 13.2 Å². The fourth-order valence-electron chi connectivity index (χ4n) is 2.63. The van der Waals surface area contributed by atoms with Crippen molar-refractivity contribution in [2.45, 2.75) is 19.0 Å². The molecule has 0 aliphatic heterocycles. The molecule has 0 aliphatic rings. The largest absolute Gasteiger partial charge is 0.461 e. The van der Waals surface area contributed by atoms with Gasteiger partial charge < -0.3 is 15.1 Å². The highest BCUT2D eigenvalue weighted by Gasteiger charge is 2.29. The number of benzene rings is 1. The Balaban J connectivity index is 1.39. The highest BCUT2D eigenvalue weighted by atomic mass is 19.4. The number of hydrogen-bond acceptors (Lipinski definition) is 4. The summed E-state index contributed by atoms with van der Waals surface area (Å²) >= 11 is 0. The van der Waals surface area contributed by atoms with Gasteiger partial charge in [-0.15, -0.1) is 0 Å². The second kappa shape index (κ2) is 9.26. The van der Waals surface area contributed by atoms with Gasteiger partial charge in [-0.25, -0.2) is 4.98 Å². The normalized spacial score (nSPS) is 12.2. The Morgan fingerprint density at radius 3 is 2.45 bits per heavy atom. The molecule has 154 valence electrons. The predicted octanol–water partition coefficient (Wildman–Crippen LogP) is 3.03. The molecule has 10 heteroatoms. The van der Waals surface area contributed by atoms with E-state index in [1.54, 1.807) is 25.4 Å². The average Bonchev–Trinajstić information content (AvgIpc) is 3.38. The zero-order valence-corrected chi connectivity index (χ0v) is 15.8. The summed E-state index contributed by atoms with van der Waals surface area (Å²) in [6.07, 6.45) is -1.57. The topological polar surface area (TPSA) is 91.1 Å². The highest BCUT2D eigenvalue weighted by Crippen LogP contribution is 2.29. The minimum atomic E-state index is -4.31. The summed E-state index contributed by atoms with van der Waals surface area (Å²) < 4.78 is 43.0. The van der Waals surface area contributed by atoms with Crippen LogP contribution in [0.4, 0.5) is 13.2 Å². The van der Waals surface area contributed by atoms with Crippen LogP contribution in [0.5, 0.6) is 0 Å². The quantitative estimate of drug-likeness (QED) is 0.414. The summed E-state index contributed by atoms with van der Waals surface area (Å²) in [5.41, 5.74) is 0.169. The standard InChI is InChI=1S/C19H21F3N6O/c1-23-18(24-10-8-13-4-6-14(7-5-13)19(20,21)22)25-11-9-16-26-17(28-27-16)15-3-2-12-29-15/h2-7,12H,8-11H2,1H3,(H2,23,24,25)(H,26,27,28). The third kappa shape index (κ3) is 5.84. The fraction of sp³-hybridized carbons (Fsp3) is 0.316. The van der Waals surface area contributed by atoms with Crippen molar-refractivity contribution >= 4 is 5.96 Å². The van der Waals surface area contributed by atoms with Crippen molar-refractivity contribution in [3.05, 3.63) is 59.6 Å². The van der Waals surface area contributed by atoms with Crippen LogP contribution in [0.3, 0.4) is 0 Å². The molecule has 7 nitrogen and oxygen atoms in total. The van der Waals surface area contributed by atoms with Crippen LogP contribution < -0.4 is 10.6 Å². The zero-order chi connectivity index (χ0) is 20.7. The van der Waals surface area contributed by atoms with Gasteiger partial charge in [0.1, 0.15) is 5.82 Å². The van der Waals surface area contributed by atoms with Gasteiger partial charge >= 0.3 is 6.18 Å². The number of alkyl halides is 3. The number of aromatic nitrogens is 3. The molecule has 0 fully saturated rings. The molecule has 1 aromatic carbocycles. The van der Waals surface area contributed by atoms with Gasteiger partial charge in [-0.1, -0.05) is 12.1 Å². The van der Waals surface area contributed by atoms with E-state index in [1.807, 2.05) is 0 Å². The Labute approximate surface area is 165 Å².